The van der Waals surface area contributed by atoms with Crippen molar-refractivity contribution in [2.75, 3.05) is 33.3 Å². The molecule has 1 fully saturated rings. The van der Waals surface area contributed by atoms with Gasteiger partial charge in [-0.25, -0.2) is 16.8 Å². The standard InChI is InChI=1S/C17H25P5.2CHF3O3S/c1-18-19(2)22(20(3)21(18,4)5,16-12-8-6-9-13-16)17-14-10-7-11-15-17;2*2-1(3,4)8(5,6)7/h6-15H,1-5H3;2*(H,5,6,7)/q+2;;/p-2/t18-,19+,20+;;/m0../s1. The molecule has 216 valence electrons. The third kappa shape index (κ3) is 8.05. The van der Waals surface area contributed by atoms with Crippen LogP contribution in [-0.4, -0.2) is 70.3 Å². The van der Waals surface area contributed by atoms with Crippen LogP contribution >= 0.6 is 35.2 Å². The van der Waals surface area contributed by atoms with Gasteiger partial charge in [0.25, 0.3) is 0 Å². The van der Waals surface area contributed by atoms with E-state index in [4.69, 9.17) is 25.9 Å². The molecule has 6 nitrogen and oxygen atoms in total. The maximum Gasteiger partial charge on any atom is 0.485 e. The van der Waals surface area contributed by atoms with Crippen LogP contribution in [0.3, 0.4) is 0 Å². The average Bonchev–Trinajstić information content (AvgIpc) is 2.91. The second kappa shape index (κ2) is 12.9. The van der Waals surface area contributed by atoms with Crippen LogP contribution in [0.1, 0.15) is 0 Å². The summed E-state index contributed by atoms with van der Waals surface area (Å²) in [5, 5.41) is 3.37. The van der Waals surface area contributed by atoms with Gasteiger partial charge < -0.3 is 9.11 Å². The van der Waals surface area contributed by atoms with E-state index in [1.807, 2.05) is 0 Å². The Kier molecular flexibility index (Phi) is 12.2. The summed E-state index contributed by atoms with van der Waals surface area (Å²) in [7, 11) is -11.8. The van der Waals surface area contributed by atoms with Crippen LogP contribution in [-0.2, 0) is 20.2 Å². The summed E-state index contributed by atoms with van der Waals surface area (Å²) in [5.41, 5.74) is -11.3. The molecule has 0 aromatic heterocycles. The molecule has 3 atom stereocenters. The summed E-state index contributed by atoms with van der Waals surface area (Å²) in [4.78, 5) is 0. The molecule has 1 aliphatic heterocycles. The van der Waals surface area contributed by atoms with E-state index in [0.29, 0.717) is 0 Å². The number of hydrogen-bond donors (Lipinski definition) is 0. The van der Waals surface area contributed by atoms with Crippen molar-refractivity contribution in [2.45, 2.75) is 11.0 Å². The highest BCUT2D eigenvalue weighted by Crippen LogP contribution is 3.28. The Morgan fingerprint density at radius 2 is 0.895 bits per heavy atom. The van der Waals surface area contributed by atoms with Gasteiger partial charge in [0.1, 0.15) is 25.2 Å². The summed E-state index contributed by atoms with van der Waals surface area (Å²) >= 11 is 0. The van der Waals surface area contributed by atoms with Gasteiger partial charge in [-0.3, -0.25) is 0 Å². The van der Waals surface area contributed by atoms with Crippen LogP contribution in [0.5, 0.6) is 0 Å². The summed E-state index contributed by atoms with van der Waals surface area (Å²) in [6.45, 7) is 11.3. The summed E-state index contributed by atoms with van der Waals surface area (Å²) in [6, 6.07) is 23.1. The van der Waals surface area contributed by atoms with Gasteiger partial charge >= 0.3 is 11.0 Å². The first-order valence-corrected chi connectivity index (χ1v) is 26.2. The van der Waals surface area contributed by atoms with E-state index in [-0.39, 0.29) is 21.9 Å². The molecule has 2 aromatic rings. The van der Waals surface area contributed by atoms with Crippen molar-refractivity contribution >= 4 is 66.0 Å². The minimum atomic E-state index is -6.09. The van der Waals surface area contributed by atoms with E-state index in [0.717, 1.165) is 0 Å². The van der Waals surface area contributed by atoms with Gasteiger partial charge in [-0.2, -0.15) is 26.3 Å². The first-order chi connectivity index (χ1) is 16.9. The quantitative estimate of drug-likeness (QED) is 0.147. The molecule has 38 heavy (non-hydrogen) atoms. The fraction of sp³-hybridized carbons (Fsp3) is 0.368. The minimum Gasteiger partial charge on any atom is -0.741 e. The predicted octanol–water partition coefficient (Wildman–Crippen LogP) is 6.96. The van der Waals surface area contributed by atoms with Crippen molar-refractivity contribution in [3.63, 3.8) is 0 Å². The molecular formula is C19H25F6O6P5S2. The summed E-state index contributed by atoms with van der Waals surface area (Å²) in [5.74, 6) is 0. The van der Waals surface area contributed by atoms with Crippen molar-refractivity contribution in [2.24, 2.45) is 0 Å². The van der Waals surface area contributed by atoms with E-state index >= 15 is 0 Å². The molecule has 0 aliphatic carbocycles. The molecule has 1 aliphatic rings. The van der Waals surface area contributed by atoms with E-state index < -0.39 is 44.5 Å². The maximum absolute atomic E-state index is 10.7. The van der Waals surface area contributed by atoms with E-state index in [9.17, 15) is 26.3 Å². The fourth-order valence-corrected chi connectivity index (χ4v) is 91.7. The molecule has 0 spiro atoms. The number of benzene rings is 2. The third-order valence-corrected chi connectivity index (χ3v) is 66.5. The summed E-state index contributed by atoms with van der Waals surface area (Å²) in [6.07, 6.45) is 0. The lowest BCUT2D eigenvalue weighted by molar-refractivity contribution is -0.0522. The zero-order chi connectivity index (χ0) is 30.0. The highest BCUT2D eigenvalue weighted by atomic mass is 33.0. The number of halogens is 6. The molecule has 0 saturated carbocycles. The van der Waals surface area contributed by atoms with E-state index in [2.05, 4.69) is 94.0 Å². The highest BCUT2D eigenvalue weighted by molar-refractivity contribution is 9.17. The van der Waals surface area contributed by atoms with Gasteiger partial charge in [0.05, 0.1) is 20.0 Å². The first kappa shape index (κ1) is 36.0. The fourth-order valence-electron chi connectivity index (χ4n) is 3.28. The lowest BCUT2D eigenvalue weighted by Crippen LogP contribution is -2.21. The summed E-state index contributed by atoms with van der Waals surface area (Å²) < 4.78 is 118. The van der Waals surface area contributed by atoms with Gasteiger partial charge in [0, 0.05) is 6.66 Å². The Labute approximate surface area is 222 Å². The Morgan fingerprint density at radius 1 is 0.632 bits per heavy atom. The molecule has 19 heteroatoms. The second-order valence-corrected chi connectivity index (χ2v) is 43.6. The van der Waals surface area contributed by atoms with Gasteiger partial charge in [-0.15, -0.1) is 0 Å². The Morgan fingerprint density at radius 3 is 1.08 bits per heavy atom. The van der Waals surface area contributed by atoms with Crippen molar-refractivity contribution in [3.8, 4) is 0 Å². The van der Waals surface area contributed by atoms with Crippen molar-refractivity contribution in [1.82, 2.24) is 0 Å². The van der Waals surface area contributed by atoms with Crippen molar-refractivity contribution in [3.05, 3.63) is 60.7 Å². The predicted molar refractivity (Wildman–Crippen MR) is 148 cm³/mol. The number of rotatable bonds is 2. The second-order valence-electron chi connectivity index (χ2n) is 7.88. The lowest BCUT2D eigenvalue weighted by Gasteiger charge is -2.27. The molecule has 3 rings (SSSR count). The molecule has 0 unspecified atom stereocenters. The van der Waals surface area contributed by atoms with Crippen molar-refractivity contribution < 1.29 is 52.3 Å². The van der Waals surface area contributed by atoms with Crippen LogP contribution in [0, 0.1) is 0 Å². The Bertz CT molecular complexity index is 1200. The SMILES string of the molecule is C[P@]1[P@](C)[P+](C)(C)[P@@](C)[P+]1(c1ccccc1)c1ccccc1.O=S(=O)([O-])C(F)(F)F.O=S(=O)([O-])C(F)(F)F. The molecule has 1 saturated heterocycles. The zero-order valence-electron chi connectivity index (χ0n) is 20.5. The molecule has 0 N–H and O–H groups in total. The van der Waals surface area contributed by atoms with Crippen LogP contribution in [0.15, 0.2) is 60.7 Å². The Hall–Kier alpha value is -0.01000. The van der Waals surface area contributed by atoms with Gasteiger partial charge in [-0.05, 0) is 37.6 Å². The van der Waals surface area contributed by atoms with Crippen LogP contribution in [0.2, 0.25) is 0 Å². The van der Waals surface area contributed by atoms with Crippen molar-refractivity contribution in [1.29, 1.82) is 0 Å². The Balaban J connectivity index is 0.000000374. The number of alkyl halides is 6. The molecule has 0 radical (unpaired) electrons. The smallest absolute Gasteiger partial charge is 0.485 e. The zero-order valence-corrected chi connectivity index (χ0v) is 26.6. The maximum atomic E-state index is 10.7. The van der Waals surface area contributed by atoms with E-state index in [1.54, 1.807) is 10.6 Å². The average molecular weight is 682 g/mol. The van der Waals surface area contributed by atoms with Crippen LogP contribution < -0.4 is 10.6 Å². The highest BCUT2D eigenvalue weighted by Gasteiger charge is 2.74. The third-order valence-electron chi connectivity index (χ3n) is 5.47. The molecule has 2 aromatic carbocycles. The lowest BCUT2D eigenvalue weighted by atomic mass is 10.4. The van der Waals surface area contributed by atoms with Crippen LogP contribution in [0.4, 0.5) is 26.3 Å². The van der Waals surface area contributed by atoms with E-state index in [1.165, 1.54) is 0 Å². The van der Waals surface area contributed by atoms with Gasteiger partial charge in [0.15, 0.2) is 26.9 Å². The molecule has 1 heterocycles. The monoisotopic (exact) mass is 682 g/mol. The minimum absolute atomic E-state index is 0.0926. The molecule has 0 bridgehead atoms. The first-order valence-electron chi connectivity index (χ1n) is 10.0. The van der Waals surface area contributed by atoms with Gasteiger partial charge in [0.2, 0.25) is 7.30 Å². The largest absolute Gasteiger partial charge is 0.741 e. The van der Waals surface area contributed by atoms with Gasteiger partial charge in [-0.1, -0.05) is 36.4 Å². The molecule has 0 amide bonds. The normalized spacial score (nSPS) is 22.9. The van der Waals surface area contributed by atoms with Crippen LogP contribution in [0.25, 0.3) is 0 Å². The molecular weight excluding hydrogens is 657 g/mol. The number of hydrogen-bond acceptors (Lipinski definition) is 6. The topological polar surface area (TPSA) is 114 Å².